The molecule has 1 amide bonds. The number of carbonyl (C=O) groups excluding carboxylic acids is 1. The first-order valence-electron chi connectivity index (χ1n) is 8.76. The predicted octanol–water partition coefficient (Wildman–Crippen LogP) is 2.95. The summed E-state index contributed by atoms with van der Waals surface area (Å²) in [5.74, 6) is 1.14. The Bertz CT molecular complexity index is 1070. The molecule has 2 aliphatic heterocycles. The number of sulfonamides is 1. The van der Waals surface area contributed by atoms with Crippen molar-refractivity contribution in [3.63, 3.8) is 0 Å². The summed E-state index contributed by atoms with van der Waals surface area (Å²) in [6.07, 6.45) is 0.693. The monoisotopic (exact) mass is 466 g/mol. The van der Waals surface area contributed by atoms with E-state index < -0.39 is 10.0 Å². The molecule has 7 nitrogen and oxygen atoms in total. The fourth-order valence-electron chi connectivity index (χ4n) is 3.61. The SMILES string of the molecule is CC(=O)N1c2cc(S(=O)(=O)NCc3ccc4c(c3)OCO4)c(Br)cc2CC1C. The van der Waals surface area contributed by atoms with Crippen molar-refractivity contribution in [3.8, 4) is 11.5 Å². The molecule has 0 bridgehead atoms. The number of benzene rings is 2. The average Bonchev–Trinajstić information content (AvgIpc) is 3.21. The van der Waals surface area contributed by atoms with E-state index in [0.717, 1.165) is 11.1 Å². The molecule has 2 heterocycles. The zero-order valence-corrected chi connectivity index (χ0v) is 17.8. The van der Waals surface area contributed by atoms with Gasteiger partial charge in [0.2, 0.25) is 22.7 Å². The standard InChI is InChI=1S/C19H19BrN2O5S/c1-11-5-14-7-15(20)19(8-16(14)22(11)12(2)23)28(24,25)21-9-13-3-4-17-18(6-13)27-10-26-17/h3-4,6-8,11,21H,5,9-10H2,1-2H3. The molecule has 0 saturated heterocycles. The summed E-state index contributed by atoms with van der Waals surface area (Å²) in [6, 6.07) is 8.63. The summed E-state index contributed by atoms with van der Waals surface area (Å²) >= 11 is 3.37. The second-order valence-corrected chi connectivity index (χ2v) is 9.46. The van der Waals surface area contributed by atoms with E-state index in [4.69, 9.17) is 9.47 Å². The van der Waals surface area contributed by atoms with E-state index in [9.17, 15) is 13.2 Å². The number of amides is 1. The molecule has 0 spiro atoms. The Hall–Kier alpha value is -2.10. The molecule has 0 fully saturated rings. The van der Waals surface area contributed by atoms with Gasteiger partial charge in [0.1, 0.15) is 0 Å². The maximum Gasteiger partial charge on any atom is 0.242 e. The fraction of sp³-hybridized carbons (Fsp3) is 0.316. The third-order valence-electron chi connectivity index (χ3n) is 4.88. The number of anilines is 1. The number of rotatable bonds is 4. The third-order valence-corrected chi connectivity index (χ3v) is 7.24. The minimum absolute atomic E-state index is 0.000976. The van der Waals surface area contributed by atoms with Gasteiger partial charge in [-0.05, 0) is 64.7 Å². The van der Waals surface area contributed by atoms with Crippen LogP contribution in [0.3, 0.4) is 0 Å². The van der Waals surface area contributed by atoms with E-state index in [1.807, 2.05) is 6.92 Å². The van der Waals surface area contributed by atoms with Crippen LogP contribution in [0.15, 0.2) is 39.7 Å². The van der Waals surface area contributed by atoms with Crippen LogP contribution in [0.4, 0.5) is 5.69 Å². The van der Waals surface area contributed by atoms with Gasteiger partial charge in [-0.3, -0.25) is 4.79 Å². The van der Waals surface area contributed by atoms with Crippen LogP contribution in [-0.4, -0.2) is 27.2 Å². The van der Waals surface area contributed by atoms with Gasteiger partial charge in [0.25, 0.3) is 0 Å². The second kappa shape index (κ2) is 7.06. The number of carbonyl (C=O) groups is 1. The lowest BCUT2D eigenvalue weighted by Gasteiger charge is -2.21. The number of halogens is 1. The Morgan fingerprint density at radius 2 is 2.00 bits per heavy atom. The Morgan fingerprint density at radius 1 is 1.25 bits per heavy atom. The van der Waals surface area contributed by atoms with Gasteiger partial charge in [0, 0.05) is 29.7 Å². The van der Waals surface area contributed by atoms with E-state index in [-0.39, 0.29) is 30.2 Å². The third kappa shape index (κ3) is 3.38. The molecule has 0 aliphatic carbocycles. The van der Waals surface area contributed by atoms with E-state index in [1.165, 1.54) is 6.92 Å². The van der Waals surface area contributed by atoms with Crippen molar-refractivity contribution in [3.05, 3.63) is 45.9 Å². The zero-order valence-electron chi connectivity index (χ0n) is 15.4. The Labute approximate surface area is 171 Å². The highest BCUT2D eigenvalue weighted by atomic mass is 79.9. The molecule has 2 aromatic rings. The molecule has 1 unspecified atom stereocenters. The number of hydrogen-bond donors (Lipinski definition) is 1. The lowest BCUT2D eigenvalue weighted by Crippen LogP contribution is -2.33. The smallest absolute Gasteiger partial charge is 0.242 e. The average molecular weight is 467 g/mol. The van der Waals surface area contributed by atoms with Crippen molar-refractivity contribution in [1.82, 2.24) is 4.72 Å². The van der Waals surface area contributed by atoms with Crippen molar-refractivity contribution in [1.29, 1.82) is 0 Å². The van der Waals surface area contributed by atoms with E-state index >= 15 is 0 Å². The fourth-order valence-corrected chi connectivity index (χ4v) is 5.74. The zero-order chi connectivity index (χ0) is 20.1. The van der Waals surface area contributed by atoms with Crippen LogP contribution < -0.4 is 19.1 Å². The highest BCUT2D eigenvalue weighted by Gasteiger charge is 2.32. The summed E-state index contributed by atoms with van der Waals surface area (Å²) < 4.78 is 39.5. The molecule has 4 rings (SSSR count). The normalized spacial score (nSPS) is 17.7. The van der Waals surface area contributed by atoms with Gasteiger partial charge in [0.15, 0.2) is 11.5 Å². The van der Waals surface area contributed by atoms with Crippen LogP contribution in [0.5, 0.6) is 11.5 Å². The summed E-state index contributed by atoms with van der Waals surface area (Å²) in [5.41, 5.74) is 2.35. The van der Waals surface area contributed by atoms with Gasteiger partial charge in [0.05, 0.1) is 4.90 Å². The number of ether oxygens (including phenoxy) is 2. The van der Waals surface area contributed by atoms with Crippen LogP contribution >= 0.6 is 15.9 Å². The van der Waals surface area contributed by atoms with Gasteiger partial charge >= 0.3 is 0 Å². The molecular weight excluding hydrogens is 448 g/mol. The Balaban J connectivity index is 1.60. The van der Waals surface area contributed by atoms with Crippen LogP contribution in [0.2, 0.25) is 0 Å². The molecule has 2 aliphatic rings. The Kier molecular flexibility index (Phi) is 4.84. The first-order chi connectivity index (χ1) is 13.3. The maximum atomic E-state index is 12.9. The molecule has 2 aromatic carbocycles. The summed E-state index contributed by atoms with van der Waals surface area (Å²) in [6.45, 7) is 3.70. The Morgan fingerprint density at radius 3 is 2.75 bits per heavy atom. The van der Waals surface area contributed by atoms with Crippen molar-refractivity contribution >= 4 is 37.5 Å². The molecular formula is C19H19BrN2O5S. The largest absolute Gasteiger partial charge is 0.454 e. The van der Waals surface area contributed by atoms with Crippen molar-refractivity contribution in [2.24, 2.45) is 0 Å². The summed E-state index contributed by atoms with van der Waals surface area (Å²) in [5, 5.41) is 0. The predicted molar refractivity (Wildman–Crippen MR) is 107 cm³/mol. The number of nitrogens with zero attached hydrogens (tertiary/aromatic N) is 1. The van der Waals surface area contributed by atoms with Crippen molar-refractivity contribution in [2.45, 2.75) is 37.8 Å². The lowest BCUT2D eigenvalue weighted by molar-refractivity contribution is -0.116. The second-order valence-electron chi connectivity index (χ2n) is 6.87. The van der Waals surface area contributed by atoms with E-state index in [2.05, 4.69) is 20.7 Å². The highest BCUT2D eigenvalue weighted by molar-refractivity contribution is 9.10. The first kappa shape index (κ1) is 19.2. The van der Waals surface area contributed by atoms with E-state index in [1.54, 1.807) is 35.2 Å². The molecule has 0 saturated carbocycles. The summed E-state index contributed by atoms with van der Waals surface area (Å²) in [4.78, 5) is 13.7. The minimum atomic E-state index is -3.80. The molecule has 0 aromatic heterocycles. The minimum Gasteiger partial charge on any atom is -0.454 e. The quantitative estimate of drug-likeness (QED) is 0.748. The number of nitrogens with one attached hydrogen (secondary N) is 1. The van der Waals surface area contributed by atoms with Crippen molar-refractivity contribution < 1.29 is 22.7 Å². The summed E-state index contributed by atoms with van der Waals surface area (Å²) in [7, 11) is -3.80. The van der Waals surface area contributed by atoms with Crippen LogP contribution in [-0.2, 0) is 27.8 Å². The van der Waals surface area contributed by atoms with Gasteiger partial charge in [-0.1, -0.05) is 6.07 Å². The molecule has 9 heteroatoms. The van der Waals surface area contributed by atoms with Gasteiger partial charge in [-0.2, -0.15) is 0 Å². The van der Waals surface area contributed by atoms with Gasteiger partial charge < -0.3 is 14.4 Å². The molecule has 1 atom stereocenters. The number of fused-ring (bicyclic) bond motifs is 2. The van der Waals surface area contributed by atoms with Gasteiger partial charge in [-0.25, -0.2) is 13.1 Å². The highest BCUT2D eigenvalue weighted by Crippen LogP contribution is 2.38. The van der Waals surface area contributed by atoms with Gasteiger partial charge in [-0.15, -0.1) is 0 Å². The topological polar surface area (TPSA) is 84.9 Å². The first-order valence-corrected chi connectivity index (χ1v) is 11.0. The molecule has 28 heavy (non-hydrogen) atoms. The molecule has 148 valence electrons. The molecule has 1 N–H and O–H groups in total. The molecule has 0 radical (unpaired) electrons. The van der Waals surface area contributed by atoms with Crippen molar-refractivity contribution in [2.75, 3.05) is 11.7 Å². The van der Waals surface area contributed by atoms with Crippen LogP contribution in [0, 0.1) is 0 Å². The lowest BCUT2D eigenvalue weighted by atomic mass is 10.1. The van der Waals surface area contributed by atoms with E-state index in [0.29, 0.717) is 28.1 Å². The maximum absolute atomic E-state index is 12.9. The van der Waals surface area contributed by atoms with Crippen LogP contribution in [0.25, 0.3) is 0 Å². The number of hydrogen-bond acceptors (Lipinski definition) is 5. The van der Waals surface area contributed by atoms with Crippen LogP contribution in [0.1, 0.15) is 25.0 Å².